The first-order valence-corrected chi connectivity index (χ1v) is 6.47. The molecular weight excluding hydrogens is 244 g/mol. The van der Waals surface area contributed by atoms with Gasteiger partial charge in [0.25, 0.3) is 0 Å². The van der Waals surface area contributed by atoms with Crippen LogP contribution in [0.1, 0.15) is 35.3 Å². The maximum absolute atomic E-state index is 10.9. The van der Waals surface area contributed by atoms with Crippen LogP contribution in [0.3, 0.4) is 0 Å². The van der Waals surface area contributed by atoms with Gasteiger partial charge in [0.05, 0.1) is 12.2 Å². The third-order valence-corrected chi connectivity index (χ3v) is 2.63. The van der Waals surface area contributed by atoms with E-state index >= 15 is 0 Å². The smallest absolute Gasteiger partial charge is 0.335 e. The molecule has 0 fully saturated rings. The van der Waals surface area contributed by atoms with Gasteiger partial charge >= 0.3 is 5.97 Å². The van der Waals surface area contributed by atoms with Crippen molar-refractivity contribution in [2.75, 3.05) is 19.8 Å². The molecule has 1 rings (SSSR count). The molecule has 0 spiro atoms. The molecule has 0 aromatic heterocycles. The van der Waals surface area contributed by atoms with E-state index in [9.17, 15) is 4.79 Å². The second-order valence-corrected chi connectivity index (χ2v) is 5.06. The third kappa shape index (κ3) is 4.91. The Morgan fingerprint density at radius 2 is 1.79 bits per heavy atom. The van der Waals surface area contributed by atoms with Gasteiger partial charge in [-0.25, -0.2) is 4.79 Å². The second kappa shape index (κ2) is 7.14. The van der Waals surface area contributed by atoms with Crippen LogP contribution in [0.4, 0.5) is 0 Å². The third-order valence-electron chi connectivity index (χ3n) is 2.63. The summed E-state index contributed by atoms with van der Waals surface area (Å²) in [6.45, 7) is 9.63. The van der Waals surface area contributed by atoms with Gasteiger partial charge in [-0.2, -0.15) is 0 Å². The van der Waals surface area contributed by atoms with Gasteiger partial charge < -0.3 is 14.6 Å². The van der Waals surface area contributed by atoms with Gasteiger partial charge in [0, 0.05) is 6.61 Å². The Kier molecular flexibility index (Phi) is 5.83. The maximum Gasteiger partial charge on any atom is 0.335 e. The van der Waals surface area contributed by atoms with Gasteiger partial charge in [0.1, 0.15) is 12.4 Å². The number of carboxylic acid groups (broad SMARTS) is 1. The van der Waals surface area contributed by atoms with Crippen LogP contribution < -0.4 is 4.74 Å². The van der Waals surface area contributed by atoms with Crippen LogP contribution in [0, 0.1) is 19.8 Å². The van der Waals surface area contributed by atoms with Crippen LogP contribution in [-0.4, -0.2) is 30.9 Å². The topological polar surface area (TPSA) is 55.8 Å². The Labute approximate surface area is 114 Å². The molecule has 0 saturated heterocycles. The highest BCUT2D eigenvalue weighted by Gasteiger charge is 2.10. The molecule has 0 bridgehead atoms. The number of rotatable bonds is 7. The highest BCUT2D eigenvalue weighted by Crippen LogP contribution is 2.24. The molecular formula is C15H22O4. The zero-order chi connectivity index (χ0) is 14.4. The van der Waals surface area contributed by atoms with Crippen molar-refractivity contribution >= 4 is 5.97 Å². The van der Waals surface area contributed by atoms with Crippen LogP contribution in [-0.2, 0) is 4.74 Å². The fourth-order valence-corrected chi connectivity index (χ4v) is 1.82. The molecule has 1 aromatic rings. The van der Waals surface area contributed by atoms with Crippen LogP contribution >= 0.6 is 0 Å². The predicted octanol–water partition coefficient (Wildman–Crippen LogP) is 3.05. The molecule has 0 aliphatic carbocycles. The van der Waals surface area contributed by atoms with E-state index in [1.807, 2.05) is 13.8 Å². The van der Waals surface area contributed by atoms with Crippen LogP contribution in [0.25, 0.3) is 0 Å². The molecule has 0 atom stereocenters. The summed E-state index contributed by atoms with van der Waals surface area (Å²) < 4.78 is 11.1. The first-order chi connectivity index (χ1) is 8.91. The van der Waals surface area contributed by atoms with Gasteiger partial charge in [-0.15, -0.1) is 0 Å². The molecule has 1 N–H and O–H groups in total. The zero-order valence-electron chi connectivity index (χ0n) is 12.0. The minimum absolute atomic E-state index is 0.290. The lowest BCUT2D eigenvalue weighted by molar-refractivity contribution is 0.0696. The van der Waals surface area contributed by atoms with E-state index in [-0.39, 0.29) is 0 Å². The van der Waals surface area contributed by atoms with Crippen molar-refractivity contribution < 1.29 is 19.4 Å². The Hall–Kier alpha value is -1.55. The molecule has 0 saturated carbocycles. The van der Waals surface area contributed by atoms with Gasteiger partial charge in [-0.3, -0.25) is 0 Å². The summed E-state index contributed by atoms with van der Waals surface area (Å²) in [7, 11) is 0. The highest BCUT2D eigenvalue weighted by molar-refractivity contribution is 5.88. The largest absolute Gasteiger partial charge is 0.491 e. The summed E-state index contributed by atoms with van der Waals surface area (Å²) >= 11 is 0. The summed E-state index contributed by atoms with van der Waals surface area (Å²) in [5, 5.41) is 8.96. The lowest BCUT2D eigenvalue weighted by atomic mass is 10.1. The average molecular weight is 266 g/mol. The van der Waals surface area contributed by atoms with Gasteiger partial charge in [-0.05, 0) is 43.0 Å². The second-order valence-electron chi connectivity index (χ2n) is 5.06. The van der Waals surface area contributed by atoms with Crippen LogP contribution in [0.2, 0.25) is 0 Å². The van der Waals surface area contributed by atoms with Gasteiger partial charge in [-0.1, -0.05) is 13.8 Å². The molecule has 106 valence electrons. The van der Waals surface area contributed by atoms with Crippen LogP contribution in [0.5, 0.6) is 5.75 Å². The quantitative estimate of drug-likeness (QED) is 0.771. The lowest BCUT2D eigenvalue weighted by Gasteiger charge is -2.13. The van der Waals surface area contributed by atoms with Crippen molar-refractivity contribution in [1.29, 1.82) is 0 Å². The number of aryl methyl sites for hydroxylation is 2. The summed E-state index contributed by atoms with van der Waals surface area (Å²) in [5.41, 5.74) is 1.96. The average Bonchev–Trinajstić information content (AvgIpc) is 2.30. The van der Waals surface area contributed by atoms with Crippen molar-refractivity contribution in [2.45, 2.75) is 27.7 Å². The zero-order valence-corrected chi connectivity index (χ0v) is 12.0. The van der Waals surface area contributed by atoms with E-state index < -0.39 is 5.97 Å². The molecule has 0 aliphatic heterocycles. The van der Waals surface area contributed by atoms with Crippen molar-refractivity contribution in [1.82, 2.24) is 0 Å². The first kappa shape index (κ1) is 15.5. The normalized spacial score (nSPS) is 10.8. The van der Waals surface area contributed by atoms with Gasteiger partial charge in [0.15, 0.2) is 0 Å². The number of hydrogen-bond donors (Lipinski definition) is 1. The summed E-state index contributed by atoms with van der Waals surface area (Å²) in [5.74, 6) is 0.342. The van der Waals surface area contributed by atoms with Crippen molar-refractivity contribution in [3.63, 3.8) is 0 Å². The monoisotopic (exact) mass is 266 g/mol. The highest BCUT2D eigenvalue weighted by atomic mass is 16.5. The number of carbonyl (C=O) groups is 1. The predicted molar refractivity (Wildman–Crippen MR) is 74.0 cm³/mol. The Morgan fingerprint density at radius 1 is 1.21 bits per heavy atom. The number of hydrogen-bond acceptors (Lipinski definition) is 3. The fraction of sp³-hybridized carbons (Fsp3) is 0.533. The van der Waals surface area contributed by atoms with Crippen molar-refractivity contribution in [3.8, 4) is 5.75 Å². The molecule has 4 heteroatoms. The molecule has 19 heavy (non-hydrogen) atoms. The minimum Gasteiger partial charge on any atom is -0.491 e. The first-order valence-electron chi connectivity index (χ1n) is 6.47. The molecule has 0 amide bonds. The molecule has 0 heterocycles. The van der Waals surface area contributed by atoms with E-state index in [4.69, 9.17) is 14.6 Å². The Bertz CT molecular complexity index is 415. The molecule has 0 aliphatic rings. The summed E-state index contributed by atoms with van der Waals surface area (Å²) in [4.78, 5) is 10.9. The van der Waals surface area contributed by atoms with E-state index in [2.05, 4.69) is 13.8 Å². The summed E-state index contributed by atoms with van der Waals surface area (Å²) in [6.07, 6.45) is 0. The minimum atomic E-state index is -0.919. The number of benzene rings is 1. The van der Waals surface area contributed by atoms with E-state index in [1.54, 1.807) is 12.1 Å². The molecule has 0 radical (unpaired) electrons. The van der Waals surface area contributed by atoms with E-state index in [0.717, 1.165) is 23.5 Å². The standard InChI is InChI=1S/C15H22O4/c1-10(2)9-18-5-6-19-14-11(3)7-13(15(16)17)8-12(14)4/h7-8,10H,5-6,9H2,1-4H3,(H,16,17). The molecule has 1 aromatic carbocycles. The van der Waals surface area contributed by atoms with Gasteiger partial charge in [0.2, 0.25) is 0 Å². The van der Waals surface area contributed by atoms with E-state index in [1.165, 1.54) is 0 Å². The lowest BCUT2D eigenvalue weighted by Crippen LogP contribution is -2.11. The SMILES string of the molecule is Cc1cc(C(=O)O)cc(C)c1OCCOCC(C)C. The fourth-order valence-electron chi connectivity index (χ4n) is 1.82. The Morgan fingerprint density at radius 3 is 2.26 bits per heavy atom. The maximum atomic E-state index is 10.9. The van der Waals surface area contributed by atoms with Crippen molar-refractivity contribution in [2.24, 2.45) is 5.92 Å². The number of carboxylic acids is 1. The Balaban J connectivity index is 2.57. The molecule has 4 nitrogen and oxygen atoms in total. The van der Waals surface area contributed by atoms with Crippen molar-refractivity contribution in [3.05, 3.63) is 28.8 Å². The summed E-state index contributed by atoms with van der Waals surface area (Å²) in [6, 6.07) is 3.25. The van der Waals surface area contributed by atoms with Crippen LogP contribution in [0.15, 0.2) is 12.1 Å². The number of aromatic carboxylic acids is 1. The van der Waals surface area contributed by atoms with E-state index in [0.29, 0.717) is 24.7 Å². The number of ether oxygens (including phenoxy) is 2. The molecule has 0 unspecified atom stereocenters.